The topological polar surface area (TPSA) is 36.9 Å². The Morgan fingerprint density at radius 2 is 1.89 bits per heavy atom. The van der Waals surface area contributed by atoms with E-state index in [-0.39, 0.29) is 12.1 Å². The molecule has 2 aromatic carbocycles. The molecule has 1 N–H and O–H groups in total. The van der Waals surface area contributed by atoms with Gasteiger partial charge in [0.2, 0.25) is 0 Å². The Morgan fingerprint density at radius 3 is 2.57 bits per heavy atom. The van der Waals surface area contributed by atoms with E-state index in [0.717, 1.165) is 31.6 Å². The molecule has 4 nitrogen and oxygen atoms in total. The third-order valence-electron chi connectivity index (χ3n) is 5.30. The van der Waals surface area contributed by atoms with E-state index in [1.807, 2.05) is 26.0 Å². The highest BCUT2D eigenvalue weighted by Crippen LogP contribution is 2.40. The van der Waals surface area contributed by atoms with Crippen LogP contribution in [0.25, 0.3) is 0 Å². The number of likely N-dealkylation sites (tertiary alicyclic amines) is 1. The van der Waals surface area contributed by atoms with Crippen LogP contribution in [0.1, 0.15) is 37.4 Å². The van der Waals surface area contributed by atoms with E-state index in [1.165, 1.54) is 11.3 Å². The minimum Gasteiger partial charge on any atom is -0.488 e. The lowest BCUT2D eigenvalue weighted by Crippen LogP contribution is -2.41. The number of ether oxygens (including phenoxy) is 1. The molecule has 0 saturated carbocycles. The second-order valence-electron chi connectivity index (χ2n) is 7.77. The number of benzene rings is 2. The van der Waals surface area contributed by atoms with Gasteiger partial charge < -0.3 is 10.2 Å². The smallest absolute Gasteiger partial charge is 0.156 e. The van der Waals surface area contributed by atoms with E-state index >= 15 is 0 Å². The summed E-state index contributed by atoms with van der Waals surface area (Å²) in [5.74, 6) is 0.872. The quantitative estimate of drug-likeness (QED) is 0.716. The normalized spacial score (nSPS) is 22.0. The summed E-state index contributed by atoms with van der Waals surface area (Å²) in [5, 5.41) is 5.70. The number of hydrogen-bond donors (Lipinski definition) is 1. The van der Waals surface area contributed by atoms with Crippen LogP contribution in [0, 0.1) is 5.92 Å². The van der Waals surface area contributed by atoms with Crippen LogP contribution in [0.3, 0.4) is 0 Å². The van der Waals surface area contributed by atoms with Crippen LogP contribution in [-0.2, 0) is 6.54 Å². The third-order valence-corrected chi connectivity index (χ3v) is 5.86. The first-order chi connectivity index (χ1) is 13.5. The van der Waals surface area contributed by atoms with Crippen LogP contribution in [0.4, 0.5) is 0 Å². The van der Waals surface area contributed by atoms with Crippen molar-refractivity contribution in [1.29, 1.82) is 0 Å². The number of piperidine rings is 1. The zero-order valence-corrected chi connectivity index (χ0v) is 17.7. The summed E-state index contributed by atoms with van der Waals surface area (Å²) >= 11 is 13.0. The molecule has 2 heterocycles. The van der Waals surface area contributed by atoms with Crippen LogP contribution in [0.5, 0.6) is 5.75 Å². The molecule has 2 aliphatic rings. The maximum atomic E-state index is 6.48. The first kappa shape index (κ1) is 19.6. The number of hydrazone groups is 1. The molecular weight excluding hydrogens is 393 g/mol. The van der Waals surface area contributed by atoms with Crippen LogP contribution in [-0.4, -0.2) is 29.8 Å². The molecule has 2 unspecified atom stereocenters. The molecule has 2 atom stereocenters. The van der Waals surface area contributed by atoms with Crippen molar-refractivity contribution in [2.45, 2.75) is 39.0 Å². The largest absolute Gasteiger partial charge is 0.488 e. The number of hydrogen-bond acceptors (Lipinski definition) is 4. The Kier molecular flexibility index (Phi) is 5.81. The highest BCUT2D eigenvalue weighted by molar-refractivity contribution is 6.37. The number of nitrogens with one attached hydrogen (secondary N) is 1. The van der Waals surface area contributed by atoms with Crippen molar-refractivity contribution in [2.75, 3.05) is 13.1 Å². The zero-order chi connectivity index (χ0) is 19.7. The zero-order valence-electron chi connectivity index (χ0n) is 16.2. The summed E-state index contributed by atoms with van der Waals surface area (Å²) in [6, 6.07) is 14.6. The Hall–Kier alpha value is -1.75. The van der Waals surface area contributed by atoms with Gasteiger partial charge in [0.05, 0.1) is 22.2 Å². The molecule has 0 amide bonds. The average molecular weight is 418 g/mol. The summed E-state index contributed by atoms with van der Waals surface area (Å²) in [7, 11) is 0. The number of halogens is 2. The molecule has 4 rings (SSSR count). The Labute approximate surface area is 176 Å². The minimum absolute atomic E-state index is 0.0188. The van der Waals surface area contributed by atoms with Gasteiger partial charge in [-0.1, -0.05) is 53.5 Å². The summed E-state index contributed by atoms with van der Waals surface area (Å²) in [6.45, 7) is 6.87. The molecule has 6 heteroatoms. The molecule has 0 aliphatic carbocycles. The lowest BCUT2D eigenvalue weighted by Gasteiger charge is -2.33. The fourth-order valence-corrected chi connectivity index (χ4v) is 4.60. The summed E-state index contributed by atoms with van der Waals surface area (Å²) in [5.41, 5.74) is 6.95. The molecule has 0 radical (unpaired) electrons. The van der Waals surface area contributed by atoms with Gasteiger partial charge >= 0.3 is 0 Å². The van der Waals surface area contributed by atoms with Gasteiger partial charge in [0, 0.05) is 37.7 Å². The van der Waals surface area contributed by atoms with Crippen LogP contribution in [0.2, 0.25) is 10.0 Å². The van der Waals surface area contributed by atoms with Crippen LogP contribution < -0.4 is 10.2 Å². The van der Waals surface area contributed by atoms with Crippen LogP contribution in [0.15, 0.2) is 47.6 Å². The first-order valence-electron chi connectivity index (χ1n) is 9.75. The van der Waals surface area contributed by atoms with Gasteiger partial charge in [0.15, 0.2) is 5.75 Å². The van der Waals surface area contributed by atoms with E-state index in [0.29, 0.717) is 21.7 Å². The first-order valence-corrected chi connectivity index (χ1v) is 10.5. The van der Waals surface area contributed by atoms with Gasteiger partial charge in [0.1, 0.15) is 0 Å². The molecule has 0 spiro atoms. The molecule has 1 fully saturated rings. The summed E-state index contributed by atoms with van der Waals surface area (Å²) in [4.78, 5) is 2.50. The number of fused-ring (bicyclic) bond motifs is 1. The SMILES string of the molecule is CC(C)Oc1c(Cl)cc(C2NN=C3CCN(Cc4ccccc4)CC32)cc1Cl. The van der Waals surface area contributed by atoms with Gasteiger partial charge in [-0.25, -0.2) is 0 Å². The second kappa shape index (κ2) is 8.32. The minimum atomic E-state index is 0.0188. The van der Waals surface area contributed by atoms with Gasteiger partial charge in [-0.15, -0.1) is 0 Å². The molecule has 0 bridgehead atoms. The monoisotopic (exact) mass is 417 g/mol. The van der Waals surface area contributed by atoms with E-state index in [1.54, 1.807) is 0 Å². The van der Waals surface area contributed by atoms with Crippen molar-refractivity contribution < 1.29 is 4.74 Å². The molecule has 2 aliphatic heterocycles. The van der Waals surface area contributed by atoms with Crippen molar-refractivity contribution in [1.82, 2.24) is 10.3 Å². The Bertz CT molecular complexity index is 846. The van der Waals surface area contributed by atoms with Gasteiger partial charge in [0.25, 0.3) is 0 Å². The third kappa shape index (κ3) is 4.14. The average Bonchev–Trinajstić information content (AvgIpc) is 3.08. The number of rotatable bonds is 5. The van der Waals surface area contributed by atoms with E-state index in [2.05, 4.69) is 45.8 Å². The van der Waals surface area contributed by atoms with E-state index < -0.39 is 0 Å². The molecule has 2 aromatic rings. The fourth-order valence-electron chi connectivity index (χ4n) is 4.01. The van der Waals surface area contributed by atoms with Gasteiger partial charge in [-0.2, -0.15) is 5.10 Å². The van der Waals surface area contributed by atoms with Crippen LogP contribution >= 0.6 is 23.2 Å². The second-order valence-corrected chi connectivity index (χ2v) is 8.58. The molecule has 0 aromatic heterocycles. The molecule has 1 saturated heterocycles. The molecule has 148 valence electrons. The summed E-state index contributed by atoms with van der Waals surface area (Å²) in [6.07, 6.45) is 1.00. The maximum Gasteiger partial charge on any atom is 0.156 e. The Morgan fingerprint density at radius 1 is 1.18 bits per heavy atom. The van der Waals surface area contributed by atoms with Gasteiger partial charge in [-0.05, 0) is 37.1 Å². The fraction of sp³-hybridized carbons (Fsp3) is 0.409. The lowest BCUT2D eigenvalue weighted by atomic mass is 9.86. The van der Waals surface area contributed by atoms with Crippen molar-refractivity contribution >= 4 is 28.9 Å². The lowest BCUT2D eigenvalue weighted by molar-refractivity contribution is 0.220. The standard InChI is InChI=1S/C22H25Cl2N3O/c1-14(2)28-22-18(23)10-16(11-19(22)24)21-17-13-27(9-8-20(17)25-26-21)12-15-6-4-3-5-7-15/h3-7,10-11,14,17,21,26H,8-9,12-13H2,1-2H3. The van der Waals surface area contributed by atoms with E-state index in [4.69, 9.17) is 27.9 Å². The predicted octanol–water partition coefficient (Wildman–Crippen LogP) is 5.30. The molecule has 28 heavy (non-hydrogen) atoms. The van der Waals surface area contributed by atoms with Crippen molar-refractivity contribution in [3.05, 3.63) is 63.6 Å². The maximum absolute atomic E-state index is 6.48. The van der Waals surface area contributed by atoms with Gasteiger partial charge in [-0.3, -0.25) is 4.90 Å². The Balaban J connectivity index is 1.52. The summed E-state index contributed by atoms with van der Waals surface area (Å²) < 4.78 is 5.76. The highest BCUT2D eigenvalue weighted by atomic mass is 35.5. The van der Waals surface area contributed by atoms with Crippen molar-refractivity contribution in [3.63, 3.8) is 0 Å². The highest BCUT2D eigenvalue weighted by Gasteiger charge is 2.37. The molecular formula is C22H25Cl2N3O. The number of nitrogens with zero attached hydrogens (tertiary/aromatic N) is 2. The van der Waals surface area contributed by atoms with E-state index in [9.17, 15) is 0 Å². The van der Waals surface area contributed by atoms with Crippen molar-refractivity contribution in [2.24, 2.45) is 11.0 Å². The predicted molar refractivity (Wildman–Crippen MR) is 115 cm³/mol. The van der Waals surface area contributed by atoms with Crippen molar-refractivity contribution in [3.8, 4) is 5.75 Å².